The van der Waals surface area contributed by atoms with Crippen LogP contribution in [0.15, 0.2) is 58.4 Å². The lowest BCUT2D eigenvalue weighted by Crippen LogP contribution is -2.14. The van der Waals surface area contributed by atoms with Crippen molar-refractivity contribution in [1.82, 2.24) is 0 Å². The standard InChI is InChI=1S/C20H15BrN2O5S/c1-2-28-20(25)17-16(13-4-3-5-14(21)10-13)11-29-19(17)22-18(24)12-6-8-15(9-7-12)23(26)27/h3-11H,2H2,1H3,(H,22,24). The van der Waals surface area contributed by atoms with Crippen LogP contribution in [0.1, 0.15) is 27.6 Å². The van der Waals surface area contributed by atoms with Gasteiger partial charge in [-0.2, -0.15) is 0 Å². The maximum atomic E-state index is 12.6. The fourth-order valence-corrected chi connectivity index (χ4v) is 3.99. The monoisotopic (exact) mass is 474 g/mol. The number of nitro benzene ring substituents is 1. The summed E-state index contributed by atoms with van der Waals surface area (Å²) in [6, 6.07) is 12.7. The predicted molar refractivity (Wildman–Crippen MR) is 114 cm³/mol. The second kappa shape index (κ2) is 8.97. The van der Waals surface area contributed by atoms with Crippen molar-refractivity contribution in [3.8, 4) is 11.1 Å². The van der Waals surface area contributed by atoms with E-state index in [0.29, 0.717) is 10.6 Å². The average molecular weight is 475 g/mol. The summed E-state index contributed by atoms with van der Waals surface area (Å²) in [6.45, 7) is 1.90. The second-order valence-electron chi connectivity index (χ2n) is 5.84. The molecule has 7 nitrogen and oxygen atoms in total. The molecule has 1 N–H and O–H groups in total. The number of benzene rings is 2. The topological polar surface area (TPSA) is 98.5 Å². The Morgan fingerprint density at radius 1 is 1.21 bits per heavy atom. The van der Waals surface area contributed by atoms with Gasteiger partial charge in [-0.1, -0.05) is 28.1 Å². The van der Waals surface area contributed by atoms with Crippen molar-refractivity contribution in [2.45, 2.75) is 6.92 Å². The zero-order chi connectivity index (χ0) is 21.0. The van der Waals surface area contributed by atoms with Gasteiger partial charge in [-0.15, -0.1) is 11.3 Å². The van der Waals surface area contributed by atoms with E-state index in [0.717, 1.165) is 10.0 Å². The van der Waals surface area contributed by atoms with E-state index in [1.54, 1.807) is 12.3 Å². The van der Waals surface area contributed by atoms with Crippen molar-refractivity contribution in [1.29, 1.82) is 0 Å². The van der Waals surface area contributed by atoms with E-state index >= 15 is 0 Å². The number of hydrogen-bond acceptors (Lipinski definition) is 6. The van der Waals surface area contributed by atoms with E-state index in [4.69, 9.17) is 4.74 Å². The molecule has 1 aromatic heterocycles. The maximum Gasteiger partial charge on any atom is 0.341 e. The molecule has 0 atom stereocenters. The summed E-state index contributed by atoms with van der Waals surface area (Å²) >= 11 is 4.62. The van der Waals surface area contributed by atoms with Crippen LogP contribution < -0.4 is 5.32 Å². The Morgan fingerprint density at radius 3 is 2.55 bits per heavy atom. The lowest BCUT2D eigenvalue weighted by Gasteiger charge is -2.09. The summed E-state index contributed by atoms with van der Waals surface area (Å²) in [5.41, 5.74) is 1.85. The molecule has 9 heteroatoms. The molecule has 0 aliphatic rings. The minimum absolute atomic E-state index is 0.109. The minimum Gasteiger partial charge on any atom is -0.462 e. The van der Waals surface area contributed by atoms with Gasteiger partial charge in [-0.3, -0.25) is 14.9 Å². The zero-order valence-corrected chi connectivity index (χ0v) is 17.6. The molecule has 2 aromatic carbocycles. The average Bonchev–Trinajstić information content (AvgIpc) is 3.12. The van der Waals surface area contributed by atoms with Gasteiger partial charge in [0.15, 0.2) is 0 Å². The van der Waals surface area contributed by atoms with Crippen LogP contribution in [0.2, 0.25) is 0 Å². The first kappa shape index (κ1) is 20.7. The van der Waals surface area contributed by atoms with Crippen LogP contribution in [0.4, 0.5) is 10.7 Å². The number of anilines is 1. The number of nitrogens with zero attached hydrogens (tertiary/aromatic N) is 1. The van der Waals surface area contributed by atoms with Gasteiger partial charge in [0, 0.05) is 33.1 Å². The number of rotatable bonds is 6. The molecule has 0 saturated carbocycles. The molecule has 0 saturated heterocycles. The Balaban J connectivity index is 1.95. The number of hydrogen-bond donors (Lipinski definition) is 1. The Hall–Kier alpha value is -3.04. The number of halogens is 1. The summed E-state index contributed by atoms with van der Waals surface area (Å²) in [5, 5.41) is 15.6. The number of carbonyl (C=O) groups is 2. The summed E-state index contributed by atoms with van der Waals surface area (Å²) in [6.07, 6.45) is 0. The first-order valence-electron chi connectivity index (χ1n) is 8.51. The van der Waals surface area contributed by atoms with E-state index in [9.17, 15) is 19.7 Å². The van der Waals surface area contributed by atoms with Crippen LogP contribution in [0.25, 0.3) is 11.1 Å². The van der Waals surface area contributed by atoms with Gasteiger partial charge >= 0.3 is 5.97 Å². The first-order valence-corrected chi connectivity index (χ1v) is 10.2. The molecule has 0 fully saturated rings. The van der Waals surface area contributed by atoms with Gasteiger partial charge in [0.25, 0.3) is 11.6 Å². The normalized spacial score (nSPS) is 10.4. The molecule has 3 rings (SSSR count). The Bertz CT molecular complexity index is 1080. The van der Waals surface area contributed by atoms with Crippen LogP contribution >= 0.6 is 27.3 Å². The second-order valence-corrected chi connectivity index (χ2v) is 7.64. The summed E-state index contributed by atoms with van der Waals surface area (Å²) < 4.78 is 6.03. The van der Waals surface area contributed by atoms with Gasteiger partial charge in [-0.25, -0.2) is 4.79 Å². The van der Waals surface area contributed by atoms with Gasteiger partial charge in [0.2, 0.25) is 0 Å². The van der Waals surface area contributed by atoms with Crippen LogP contribution in [0.3, 0.4) is 0 Å². The lowest BCUT2D eigenvalue weighted by molar-refractivity contribution is -0.384. The first-order chi connectivity index (χ1) is 13.9. The highest BCUT2D eigenvalue weighted by Gasteiger charge is 2.23. The fourth-order valence-electron chi connectivity index (χ4n) is 2.63. The third kappa shape index (κ3) is 4.69. The van der Waals surface area contributed by atoms with Crippen LogP contribution in [0.5, 0.6) is 0 Å². The molecule has 0 spiro atoms. The molecule has 0 aliphatic carbocycles. The van der Waals surface area contributed by atoms with Crippen LogP contribution in [0, 0.1) is 10.1 Å². The number of esters is 1. The van der Waals surface area contributed by atoms with Crippen molar-refractivity contribution in [3.05, 3.63) is 79.6 Å². The molecule has 3 aromatic rings. The highest BCUT2D eigenvalue weighted by atomic mass is 79.9. The largest absolute Gasteiger partial charge is 0.462 e. The molecule has 0 unspecified atom stereocenters. The number of thiophene rings is 1. The van der Waals surface area contributed by atoms with E-state index in [1.165, 1.54) is 35.6 Å². The van der Waals surface area contributed by atoms with Crippen LogP contribution in [-0.4, -0.2) is 23.4 Å². The zero-order valence-electron chi connectivity index (χ0n) is 15.2. The van der Waals surface area contributed by atoms with Crippen molar-refractivity contribution in [3.63, 3.8) is 0 Å². The Labute approximate surface area is 178 Å². The predicted octanol–water partition coefficient (Wildman–Crippen LogP) is 5.51. The molecular weight excluding hydrogens is 460 g/mol. The number of nitrogens with one attached hydrogen (secondary N) is 1. The molecule has 0 aliphatic heterocycles. The highest BCUT2D eigenvalue weighted by Crippen LogP contribution is 2.37. The molecule has 148 valence electrons. The smallest absolute Gasteiger partial charge is 0.341 e. The Kier molecular flexibility index (Phi) is 6.40. The summed E-state index contributed by atoms with van der Waals surface area (Å²) in [5.74, 6) is -1.02. The van der Waals surface area contributed by atoms with E-state index in [2.05, 4.69) is 21.2 Å². The van der Waals surface area contributed by atoms with Crippen molar-refractivity contribution in [2.75, 3.05) is 11.9 Å². The molecular formula is C20H15BrN2O5S. The Morgan fingerprint density at radius 2 is 1.93 bits per heavy atom. The molecule has 0 bridgehead atoms. The summed E-state index contributed by atoms with van der Waals surface area (Å²) in [4.78, 5) is 35.4. The third-order valence-corrected chi connectivity index (χ3v) is 5.36. The molecule has 1 heterocycles. The SMILES string of the molecule is CCOC(=O)c1c(-c2cccc(Br)c2)csc1NC(=O)c1ccc([N+](=O)[O-])cc1. The maximum absolute atomic E-state index is 12.6. The fraction of sp³-hybridized carbons (Fsp3) is 0.100. The summed E-state index contributed by atoms with van der Waals surface area (Å²) in [7, 11) is 0. The lowest BCUT2D eigenvalue weighted by atomic mass is 10.0. The van der Waals surface area contributed by atoms with Crippen LogP contribution in [-0.2, 0) is 4.74 Å². The van der Waals surface area contributed by atoms with Crippen molar-refractivity contribution >= 4 is 49.8 Å². The van der Waals surface area contributed by atoms with Gasteiger partial charge < -0.3 is 10.1 Å². The van der Waals surface area contributed by atoms with E-state index in [1.807, 2.05) is 24.3 Å². The van der Waals surface area contributed by atoms with E-state index < -0.39 is 16.8 Å². The number of carbonyl (C=O) groups excluding carboxylic acids is 2. The van der Waals surface area contributed by atoms with E-state index in [-0.39, 0.29) is 23.4 Å². The third-order valence-electron chi connectivity index (χ3n) is 3.97. The molecule has 0 radical (unpaired) electrons. The number of ether oxygens (including phenoxy) is 1. The van der Waals surface area contributed by atoms with Crippen molar-refractivity contribution in [2.24, 2.45) is 0 Å². The van der Waals surface area contributed by atoms with Gasteiger partial charge in [-0.05, 0) is 36.8 Å². The van der Waals surface area contributed by atoms with Gasteiger partial charge in [0.05, 0.1) is 11.5 Å². The highest BCUT2D eigenvalue weighted by molar-refractivity contribution is 9.10. The number of non-ortho nitro benzene ring substituents is 1. The number of amides is 1. The molecule has 29 heavy (non-hydrogen) atoms. The van der Waals surface area contributed by atoms with Gasteiger partial charge in [0.1, 0.15) is 10.6 Å². The van der Waals surface area contributed by atoms with Crippen molar-refractivity contribution < 1.29 is 19.2 Å². The minimum atomic E-state index is -0.539. The number of nitro groups is 1. The quantitative estimate of drug-likeness (QED) is 0.288. The molecule has 1 amide bonds.